The minimum absolute atomic E-state index is 0.0926. The fourth-order valence-corrected chi connectivity index (χ4v) is 2.84. The molecule has 0 spiro atoms. The molecule has 2 fully saturated rings. The molecule has 2 unspecified atom stereocenters. The minimum Gasteiger partial charge on any atom is -0.355 e. The van der Waals surface area contributed by atoms with Gasteiger partial charge in [-0.15, -0.1) is 0 Å². The molecule has 2 atom stereocenters. The third kappa shape index (κ3) is 1.36. The first-order valence-corrected chi connectivity index (χ1v) is 5.61. The Hall–Kier alpha value is -1.02. The summed E-state index contributed by atoms with van der Waals surface area (Å²) in [6, 6.07) is 7.80. The number of hydrogen-bond donors (Lipinski definition) is 1. The van der Waals surface area contributed by atoms with Crippen molar-refractivity contribution in [2.24, 2.45) is 11.3 Å². The van der Waals surface area contributed by atoms with Crippen molar-refractivity contribution >= 4 is 17.5 Å². The first kappa shape index (κ1) is 9.22. The maximum Gasteiger partial charge on any atom is 0.226 e. The summed E-state index contributed by atoms with van der Waals surface area (Å²) >= 11 is 5.93. The van der Waals surface area contributed by atoms with Crippen LogP contribution in [0.15, 0.2) is 24.3 Å². The van der Waals surface area contributed by atoms with Crippen LogP contribution in [-0.4, -0.2) is 12.5 Å². The van der Waals surface area contributed by atoms with E-state index in [1.54, 1.807) is 0 Å². The lowest BCUT2D eigenvalue weighted by Crippen LogP contribution is -2.26. The van der Waals surface area contributed by atoms with E-state index in [9.17, 15) is 4.79 Å². The van der Waals surface area contributed by atoms with Gasteiger partial charge in [0.15, 0.2) is 0 Å². The first-order valence-electron chi connectivity index (χ1n) is 5.23. The fraction of sp³-hybridized carbons (Fsp3) is 0.417. The normalized spacial score (nSPS) is 32.3. The first-order chi connectivity index (χ1) is 7.21. The van der Waals surface area contributed by atoms with Crippen molar-refractivity contribution in [3.8, 4) is 0 Å². The molecule has 1 amide bonds. The summed E-state index contributed by atoms with van der Waals surface area (Å²) in [6.07, 6.45) is 1.88. The van der Waals surface area contributed by atoms with Crippen LogP contribution in [0.4, 0.5) is 0 Å². The summed E-state index contributed by atoms with van der Waals surface area (Å²) < 4.78 is 0. The van der Waals surface area contributed by atoms with E-state index in [2.05, 4.69) is 5.32 Å². The second-order valence-corrected chi connectivity index (χ2v) is 5.01. The molecule has 15 heavy (non-hydrogen) atoms. The Bertz CT molecular complexity index is 431. The second kappa shape index (κ2) is 2.99. The van der Waals surface area contributed by atoms with Gasteiger partial charge in [0.05, 0.1) is 5.41 Å². The van der Waals surface area contributed by atoms with Crippen molar-refractivity contribution in [1.29, 1.82) is 0 Å². The molecule has 3 rings (SSSR count). The SMILES string of the molecule is O=C1NCC2CC12Cc1cccc(Cl)c1. The third-order valence-corrected chi connectivity index (χ3v) is 3.84. The quantitative estimate of drug-likeness (QED) is 0.814. The molecule has 1 saturated heterocycles. The van der Waals surface area contributed by atoms with Gasteiger partial charge in [0.2, 0.25) is 5.91 Å². The Labute approximate surface area is 93.6 Å². The number of carbonyl (C=O) groups is 1. The minimum atomic E-state index is -0.0926. The number of fused-ring (bicyclic) bond motifs is 1. The van der Waals surface area contributed by atoms with Crippen molar-refractivity contribution in [2.75, 3.05) is 6.54 Å². The predicted octanol–water partition coefficient (Wildman–Crippen LogP) is 2.02. The van der Waals surface area contributed by atoms with Crippen LogP contribution >= 0.6 is 11.6 Å². The summed E-state index contributed by atoms with van der Waals surface area (Å²) in [6.45, 7) is 0.861. The average Bonchev–Trinajstić information content (AvgIpc) is 2.82. The largest absolute Gasteiger partial charge is 0.355 e. The van der Waals surface area contributed by atoms with Crippen LogP contribution in [0.3, 0.4) is 0 Å². The summed E-state index contributed by atoms with van der Waals surface area (Å²) in [7, 11) is 0. The van der Waals surface area contributed by atoms with Crippen LogP contribution in [0.25, 0.3) is 0 Å². The third-order valence-electron chi connectivity index (χ3n) is 3.60. The van der Waals surface area contributed by atoms with Gasteiger partial charge in [0.1, 0.15) is 0 Å². The van der Waals surface area contributed by atoms with Gasteiger partial charge in [0, 0.05) is 11.6 Å². The van der Waals surface area contributed by atoms with Gasteiger partial charge in [-0.1, -0.05) is 23.7 Å². The molecule has 1 aliphatic heterocycles. The molecule has 1 aromatic carbocycles. The molecule has 3 heteroatoms. The van der Waals surface area contributed by atoms with Crippen molar-refractivity contribution < 1.29 is 4.79 Å². The van der Waals surface area contributed by atoms with E-state index < -0.39 is 0 Å². The molecular formula is C12H12ClNO. The Balaban J connectivity index is 1.84. The van der Waals surface area contributed by atoms with Gasteiger partial charge in [-0.25, -0.2) is 0 Å². The number of rotatable bonds is 2. The Morgan fingerprint density at radius 3 is 3.00 bits per heavy atom. The molecule has 1 aliphatic carbocycles. The molecule has 1 N–H and O–H groups in total. The van der Waals surface area contributed by atoms with Gasteiger partial charge in [0.25, 0.3) is 0 Å². The molecule has 2 nitrogen and oxygen atoms in total. The zero-order chi connectivity index (χ0) is 10.5. The smallest absolute Gasteiger partial charge is 0.226 e. The lowest BCUT2D eigenvalue weighted by atomic mass is 9.95. The molecule has 0 bridgehead atoms. The van der Waals surface area contributed by atoms with Gasteiger partial charge < -0.3 is 5.32 Å². The van der Waals surface area contributed by atoms with E-state index in [4.69, 9.17) is 11.6 Å². The highest BCUT2D eigenvalue weighted by molar-refractivity contribution is 6.30. The molecule has 1 saturated carbocycles. The summed E-state index contributed by atoms with van der Waals surface area (Å²) in [5.74, 6) is 0.788. The van der Waals surface area contributed by atoms with E-state index in [0.717, 1.165) is 24.4 Å². The molecule has 1 aromatic rings. The molecule has 78 valence electrons. The van der Waals surface area contributed by atoms with Crippen LogP contribution < -0.4 is 5.32 Å². The van der Waals surface area contributed by atoms with E-state index in [1.807, 2.05) is 24.3 Å². The molecule has 1 heterocycles. The highest BCUT2D eigenvalue weighted by atomic mass is 35.5. The maximum absolute atomic E-state index is 11.7. The number of benzene rings is 1. The second-order valence-electron chi connectivity index (χ2n) is 4.57. The zero-order valence-electron chi connectivity index (χ0n) is 8.29. The van der Waals surface area contributed by atoms with Crippen molar-refractivity contribution in [3.05, 3.63) is 34.9 Å². The van der Waals surface area contributed by atoms with E-state index in [0.29, 0.717) is 5.92 Å². The Morgan fingerprint density at radius 1 is 1.53 bits per heavy atom. The van der Waals surface area contributed by atoms with E-state index in [-0.39, 0.29) is 11.3 Å². The van der Waals surface area contributed by atoms with Gasteiger partial charge in [-0.2, -0.15) is 0 Å². The van der Waals surface area contributed by atoms with Crippen LogP contribution in [-0.2, 0) is 11.2 Å². The summed E-state index contributed by atoms with van der Waals surface area (Å²) in [5, 5.41) is 3.67. The van der Waals surface area contributed by atoms with Crippen LogP contribution in [0, 0.1) is 11.3 Å². The number of piperidine rings is 1. The number of nitrogens with one attached hydrogen (secondary N) is 1. The number of carbonyl (C=O) groups excluding carboxylic acids is 1. The summed E-state index contributed by atoms with van der Waals surface area (Å²) in [4.78, 5) is 11.7. The topological polar surface area (TPSA) is 29.1 Å². The van der Waals surface area contributed by atoms with Crippen LogP contribution in [0.5, 0.6) is 0 Å². The lowest BCUT2D eigenvalue weighted by Gasteiger charge is -2.10. The number of hydrogen-bond acceptors (Lipinski definition) is 1. The monoisotopic (exact) mass is 221 g/mol. The maximum atomic E-state index is 11.7. The molecule has 2 aliphatic rings. The van der Waals surface area contributed by atoms with E-state index >= 15 is 0 Å². The van der Waals surface area contributed by atoms with Crippen LogP contribution in [0.1, 0.15) is 12.0 Å². The van der Waals surface area contributed by atoms with Gasteiger partial charge in [-0.05, 0) is 36.5 Å². The van der Waals surface area contributed by atoms with Crippen LogP contribution in [0.2, 0.25) is 5.02 Å². The fourth-order valence-electron chi connectivity index (χ4n) is 2.63. The number of halogens is 1. The highest BCUT2D eigenvalue weighted by Crippen LogP contribution is 2.57. The van der Waals surface area contributed by atoms with Crippen molar-refractivity contribution in [2.45, 2.75) is 12.8 Å². The number of amides is 1. The van der Waals surface area contributed by atoms with Gasteiger partial charge in [-0.3, -0.25) is 4.79 Å². The van der Waals surface area contributed by atoms with Gasteiger partial charge >= 0.3 is 0 Å². The molecular weight excluding hydrogens is 210 g/mol. The Kier molecular flexibility index (Phi) is 1.84. The lowest BCUT2D eigenvalue weighted by molar-refractivity contribution is -0.124. The van der Waals surface area contributed by atoms with E-state index in [1.165, 1.54) is 5.56 Å². The zero-order valence-corrected chi connectivity index (χ0v) is 9.05. The molecule has 0 aromatic heterocycles. The summed E-state index contributed by atoms with van der Waals surface area (Å²) in [5.41, 5.74) is 1.08. The van der Waals surface area contributed by atoms with Crippen molar-refractivity contribution in [1.82, 2.24) is 5.32 Å². The Morgan fingerprint density at radius 2 is 2.40 bits per heavy atom. The average molecular weight is 222 g/mol. The predicted molar refractivity (Wildman–Crippen MR) is 58.7 cm³/mol. The van der Waals surface area contributed by atoms with Crippen molar-refractivity contribution in [3.63, 3.8) is 0 Å². The highest BCUT2D eigenvalue weighted by Gasteiger charge is 2.63. The molecule has 0 radical (unpaired) electrons. The standard InChI is InChI=1S/C12H12ClNO/c13-10-3-1-2-8(4-10)5-12-6-9(12)7-14-11(12)15/h1-4,9H,5-7H2,(H,14,15).